The topological polar surface area (TPSA) is 66.8 Å². The van der Waals surface area contributed by atoms with Crippen LogP contribution in [0.2, 0.25) is 0 Å². The van der Waals surface area contributed by atoms with Gasteiger partial charge in [0.15, 0.2) is 6.29 Å². The van der Waals surface area contributed by atoms with Gasteiger partial charge in [0, 0.05) is 5.56 Å². The highest BCUT2D eigenvalue weighted by Crippen LogP contribution is 2.66. The van der Waals surface area contributed by atoms with Crippen molar-refractivity contribution in [1.82, 2.24) is 0 Å². The van der Waals surface area contributed by atoms with Crippen molar-refractivity contribution in [2.75, 3.05) is 6.61 Å². The van der Waals surface area contributed by atoms with Crippen LogP contribution in [0.3, 0.4) is 0 Å². The Morgan fingerprint density at radius 1 is 0.556 bits per heavy atom. The van der Waals surface area contributed by atoms with E-state index in [1.165, 1.54) is 0 Å². The van der Waals surface area contributed by atoms with Crippen LogP contribution in [0.5, 0.6) is 0 Å². The molecule has 0 amide bonds. The molecule has 0 aromatic heterocycles. The van der Waals surface area contributed by atoms with Gasteiger partial charge in [-0.25, -0.2) is 4.79 Å². The van der Waals surface area contributed by atoms with E-state index in [1.807, 2.05) is 0 Å². The summed E-state index contributed by atoms with van der Waals surface area (Å²) in [4.78, 5) is 11.8. The Balaban J connectivity index is 3.49. The van der Waals surface area contributed by atoms with Crippen LogP contribution >= 0.6 is 0 Å². The van der Waals surface area contributed by atoms with E-state index in [4.69, 9.17) is 10.2 Å². The van der Waals surface area contributed by atoms with E-state index in [-0.39, 0.29) is 0 Å². The highest BCUT2D eigenvalue weighted by atomic mass is 19.4. The number of alkyl halides is 21. The van der Waals surface area contributed by atoms with Gasteiger partial charge < -0.3 is 14.9 Å². The molecule has 0 radical (unpaired) electrons. The van der Waals surface area contributed by atoms with Crippen LogP contribution in [-0.2, 0) is 4.74 Å². The molecule has 45 heavy (non-hydrogen) atoms. The second-order valence-electron chi connectivity index (χ2n) is 8.64. The van der Waals surface area contributed by atoms with E-state index in [0.29, 0.717) is 6.07 Å². The van der Waals surface area contributed by atoms with Crippen LogP contribution in [0, 0.1) is 0 Å². The summed E-state index contributed by atoms with van der Waals surface area (Å²) in [5.74, 6) is -80.0. The molecule has 0 saturated heterocycles. The number of aliphatic hydroxyl groups excluding tert-OH is 1. The lowest BCUT2D eigenvalue weighted by molar-refractivity contribution is -0.474. The monoisotopic (exact) mass is 714 g/mol. The molecular formula is C20H11F21O4. The Labute approximate surface area is 233 Å². The summed E-state index contributed by atoms with van der Waals surface area (Å²) in [6.07, 6.45) is -13.7. The van der Waals surface area contributed by atoms with Gasteiger partial charge in [0.1, 0.15) is 0 Å². The molecule has 0 aliphatic carbocycles. The molecule has 0 saturated carbocycles. The Kier molecular flexibility index (Phi) is 10.2. The zero-order valence-corrected chi connectivity index (χ0v) is 20.4. The van der Waals surface area contributed by atoms with Crippen molar-refractivity contribution in [1.29, 1.82) is 0 Å². The van der Waals surface area contributed by atoms with Crippen LogP contribution in [-0.4, -0.2) is 82.3 Å². The number of carbonyl (C=O) groups is 1. The summed E-state index contributed by atoms with van der Waals surface area (Å²) in [5, 5.41) is 18.1. The zero-order valence-electron chi connectivity index (χ0n) is 20.4. The Morgan fingerprint density at radius 2 is 0.889 bits per heavy atom. The minimum absolute atomic E-state index is 0.644. The average Bonchev–Trinajstić information content (AvgIpc) is 2.86. The van der Waals surface area contributed by atoms with Crippen molar-refractivity contribution in [3.05, 3.63) is 35.4 Å². The number of carbonyl (C=O) groups excluding carboxylic acids is 1. The summed E-state index contributed by atoms with van der Waals surface area (Å²) in [6.45, 7) is -2.30. The number of rotatable bonds is 13. The number of halogens is 21. The van der Waals surface area contributed by atoms with Gasteiger partial charge in [-0.05, 0) is 6.07 Å². The lowest BCUT2D eigenvalue weighted by Gasteiger charge is -2.44. The van der Waals surface area contributed by atoms with Gasteiger partial charge in [-0.15, -0.1) is 0 Å². The van der Waals surface area contributed by atoms with Gasteiger partial charge in [-0.2, -0.15) is 92.2 Å². The third kappa shape index (κ3) is 5.81. The molecule has 25 heteroatoms. The first-order valence-electron chi connectivity index (χ1n) is 10.7. The third-order valence-corrected chi connectivity index (χ3v) is 5.68. The maximum atomic E-state index is 13.9. The van der Waals surface area contributed by atoms with Gasteiger partial charge in [-0.1, -0.05) is 18.2 Å². The number of ether oxygens (including phenoxy) is 1. The zero-order chi connectivity index (χ0) is 36.3. The molecule has 262 valence electrons. The molecule has 0 spiro atoms. The van der Waals surface area contributed by atoms with Gasteiger partial charge >= 0.3 is 65.4 Å². The number of esters is 1. The molecule has 0 atom stereocenters. The number of hydrogen-bond acceptors (Lipinski definition) is 4. The van der Waals surface area contributed by atoms with E-state index in [0.717, 1.165) is 18.2 Å². The van der Waals surface area contributed by atoms with Gasteiger partial charge in [0.05, 0.1) is 18.6 Å². The predicted octanol–water partition coefficient (Wildman–Crippen LogP) is 7.50. The fraction of sp³-hybridized carbons (Fsp3) is 0.650. The van der Waals surface area contributed by atoms with E-state index in [9.17, 15) is 97.0 Å². The van der Waals surface area contributed by atoms with Gasteiger partial charge in [-0.3, -0.25) is 0 Å². The molecular weight excluding hydrogens is 703 g/mol. The lowest BCUT2D eigenvalue weighted by atomic mass is 9.86. The predicted molar refractivity (Wildman–Crippen MR) is 99.1 cm³/mol. The Hall–Kier alpha value is -2.86. The lowest BCUT2D eigenvalue weighted by Crippen LogP contribution is -2.76. The maximum Gasteiger partial charge on any atom is 0.460 e. The standard InChI is InChI=1S/C20H11F21O4/c21-11(22,5-6-45-10(44)8-4-2-1-3-7(8)9(42)43)12(23,24)13(25,26)14(27,28)15(29,30)16(31,32)17(33,34)18(35,36)19(37,38)20(39,40)41/h1-4,9,42-43H,5-6H2. The van der Waals surface area contributed by atoms with Crippen LogP contribution in [0.25, 0.3) is 0 Å². The Bertz CT molecular complexity index is 1220. The molecule has 1 aromatic carbocycles. The first kappa shape index (κ1) is 40.2. The molecule has 0 aliphatic heterocycles. The largest absolute Gasteiger partial charge is 0.462 e. The van der Waals surface area contributed by atoms with E-state index in [1.54, 1.807) is 0 Å². The van der Waals surface area contributed by atoms with E-state index < -0.39 is 95.9 Å². The molecule has 0 unspecified atom stereocenters. The molecule has 0 heterocycles. The van der Waals surface area contributed by atoms with E-state index >= 15 is 0 Å². The van der Waals surface area contributed by atoms with Crippen LogP contribution < -0.4 is 0 Å². The summed E-state index contributed by atoms with van der Waals surface area (Å²) in [7, 11) is 0. The van der Waals surface area contributed by atoms with E-state index in [2.05, 4.69) is 4.74 Å². The molecule has 0 aliphatic rings. The molecule has 0 bridgehead atoms. The maximum absolute atomic E-state index is 13.9. The minimum atomic E-state index is -9.27. The summed E-state index contributed by atoms with van der Waals surface area (Å²) in [6, 6.07) is 3.34. The second kappa shape index (κ2) is 11.4. The van der Waals surface area contributed by atoms with Crippen LogP contribution in [0.4, 0.5) is 92.2 Å². The van der Waals surface area contributed by atoms with Gasteiger partial charge in [0.25, 0.3) is 0 Å². The summed E-state index contributed by atoms with van der Waals surface area (Å²) >= 11 is 0. The van der Waals surface area contributed by atoms with Crippen molar-refractivity contribution in [3.63, 3.8) is 0 Å². The molecule has 4 nitrogen and oxygen atoms in total. The highest BCUT2D eigenvalue weighted by Gasteiger charge is 2.97. The van der Waals surface area contributed by atoms with Crippen molar-refractivity contribution >= 4 is 5.97 Å². The van der Waals surface area contributed by atoms with Crippen molar-refractivity contribution in [2.45, 2.75) is 72.2 Å². The number of hydrogen-bond donors (Lipinski definition) is 2. The third-order valence-electron chi connectivity index (χ3n) is 5.68. The highest BCUT2D eigenvalue weighted by molar-refractivity contribution is 5.91. The quantitative estimate of drug-likeness (QED) is 0.126. The van der Waals surface area contributed by atoms with Crippen molar-refractivity contribution < 1.29 is 112 Å². The van der Waals surface area contributed by atoms with Crippen molar-refractivity contribution in [2.24, 2.45) is 0 Å². The second-order valence-corrected chi connectivity index (χ2v) is 8.64. The molecule has 0 fully saturated rings. The summed E-state index contributed by atoms with van der Waals surface area (Å²) < 4.78 is 285. The first-order chi connectivity index (χ1) is 19.6. The Morgan fingerprint density at radius 3 is 1.24 bits per heavy atom. The number of benzene rings is 1. The molecule has 2 N–H and O–H groups in total. The summed E-state index contributed by atoms with van der Waals surface area (Å²) in [5.41, 5.74) is -1.72. The molecule has 1 rings (SSSR count). The average molecular weight is 714 g/mol. The van der Waals surface area contributed by atoms with Gasteiger partial charge in [0.2, 0.25) is 0 Å². The number of aliphatic hydroxyl groups is 2. The normalized spacial score (nSPS) is 15.5. The fourth-order valence-corrected chi connectivity index (χ4v) is 3.01. The fourth-order valence-electron chi connectivity index (χ4n) is 3.01. The van der Waals surface area contributed by atoms with Crippen LogP contribution in [0.1, 0.15) is 28.6 Å². The van der Waals surface area contributed by atoms with Crippen LogP contribution in [0.15, 0.2) is 24.3 Å². The van der Waals surface area contributed by atoms with Crippen molar-refractivity contribution in [3.8, 4) is 0 Å². The smallest absolute Gasteiger partial charge is 0.460 e. The first-order valence-corrected chi connectivity index (χ1v) is 10.7. The minimum Gasteiger partial charge on any atom is -0.462 e. The molecule has 1 aromatic rings. The SMILES string of the molecule is O=C(OCCC(F)(F)C(F)(F)C(F)(F)C(F)(F)C(F)(F)C(F)(F)C(F)(F)C(F)(F)C(F)(F)C(F)(F)F)c1ccccc1C(O)O.